The minimum atomic E-state index is -4.69. The molecule has 0 aromatic rings. The Balaban J connectivity index is 4.56. The van der Waals surface area contributed by atoms with Crippen molar-refractivity contribution >= 4 is 12.6 Å². The van der Waals surface area contributed by atoms with E-state index in [0.717, 1.165) is 0 Å². The van der Waals surface area contributed by atoms with Gasteiger partial charge in [0.05, 0.1) is 10.8 Å². The van der Waals surface area contributed by atoms with Gasteiger partial charge in [-0.2, -0.15) is 12.6 Å². The van der Waals surface area contributed by atoms with Crippen molar-refractivity contribution < 1.29 is 22.0 Å². The molecule has 1 fully saturated rings. The standard InChI is InChI=1S/C21H27F5S/c1-10-16(13(4)5)19(14(6)7,15(8)9)17(22,11-2)21(25,26)18(27,12-3)20(16,23)24/h11-12,27H,2-4,6,8,10H2,1,5,7,9H3. The monoisotopic (exact) mass is 406 g/mol. The molecule has 0 radical (unpaired) electrons. The molecule has 0 heterocycles. The molecule has 0 saturated heterocycles. The third-order valence-electron chi connectivity index (χ3n) is 6.25. The third kappa shape index (κ3) is 2.00. The van der Waals surface area contributed by atoms with Crippen LogP contribution < -0.4 is 0 Å². The van der Waals surface area contributed by atoms with Gasteiger partial charge >= 0.3 is 5.92 Å². The highest BCUT2D eigenvalue weighted by molar-refractivity contribution is 7.82. The summed E-state index contributed by atoms with van der Waals surface area (Å²) in [6.45, 7) is 22.4. The van der Waals surface area contributed by atoms with Gasteiger partial charge in [0, 0.05) is 0 Å². The summed E-state index contributed by atoms with van der Waals surface area (Å²) in [5, 5.41) is 0. The molecule has 27 heavy (non-hydrogen) atoms. The molecular formula is C21H27F5S. The van der Waals surface area contributed by atoms with Crippen molar-refractivity contribution in [2.24, 2.45) is 10.8 Å². The number of alkyl halides is 5. The van der Waals surface area contributed by atoms with Gasteiger partial charge in [-0.25, -0.2) is 22.0 Å². The van der Waals surface area contributed by atoms with Crippen LogP contribution in [-0.4, -0.2) is 22.3 Å². The molecule has 0 amide bonds. The lowest BCUT2D eigenvalue weighted by atomic mass is 9.39. The maximum Gasteiger partial charge on any atom is 0.309 e. The first-order valence-corrected chi connectivity index (χ1v) is 8.88. The molecule has 1 rings (SSSR count). The number of hydrogen-bond donors (Lipinski definition) is 1. The predicted octanol–water partition coefficient (Wildman–Crippen LogP) is 7.13. The maximum absolute atomic E-state index is 16.5. The van der Waals surface area contributed by atoms with Crippen molar-refractivity contribution in [2.45, 2.75) is 56.4 Å². The summed E-state index contributed by atoms with van der Waals surface area (Å²) < 4.78 is 76.2. The van der Waals surface area contributed by atoms with Crippen LogP contribution >= 0.6 is 12.6 Å². The molecule has 0 N–H and O–H groups in total. The summed E-state index contributed by atoms with van der Waals surface area (Å²) in [5.74, 6) is -8.95. The minimum absolute atomic E-state index is 0.180. The zero-order valence-corrected chi connectivity index (χ0v) is 17.1. The normalized spacial score (nSPS) is 36.5. The van der Waals surface area contributed by atoms with Crippen LogP contribution in [0.25, 0.3) is 0 Å². The fraction of sp³-hybridized carbons (Fsp3) is 0.524. The molecular weight excluding hydrogens is 379 g/mol. The van der Waals surface area contributed by atoms with E-state index in [9.17, 15) is 0 Å². The van der Waals surface area contributed by atoms with Gasteiger partial charge < -0.3 is 0 Å². The van der Waals surface area contributed by atoms with E-state index in [1.54, 1.807) is 0 Å². The van der Waals surface area contributed by atoms with E-state index in [0.29, 0.717) is 12.2 Å². The molecule has 152 valence electrons. The van der Waals surface area contributed by atoms with E-state index in [2.05, 4.69) is 45.5 Å². The van der Waals surface area contributed by atoms with E-state index in [4.69, 9.17) is 0 Å². The van der Waals surface area contributed by atoms with Gasteiger partial charge in [0.1, 0.15) is 0 Å². The average molecular weight is 407 g/mol. The summed E-state index contributed by atoms with van der Waals surface area (Å²) in [5.41, 5.74) is -9.38. The Morgan fingerprint density at radius 3 is 1.44 bits per heavy atom. The topological polar surface area (TPSA) is 0 Å². The van der Waals surface area contributed by atoms with Gasteiger partial charge in [-0.1, -0.05) is 56.0 Å². The molecule has 0 aliphatic heterocycles. The highest BCUT2D eigenvalue weighted by atomic mass is 32.1. The number of allylic oxidation sites excluding steroid dienone is 4. The van der Waals surface area contributed by atoms with Crippen LogP contribution in [0.5, 0.6) is 0 Å². The Morgan fingerprint density at radius 1 is 0.815 bits per heavy atom. The summed E-state index contributed by atoms with van der Waals surface area (Å²) in [6, 6.07) is 0. The molecule has 0 nitrogen and oxygen atoms in total. The van der Waals surface area contributed by atoms with E-state index < -0.39 is 39.5 Å². The highest BCUT2D eigenvalue weighted by Crippen LogP contribution is 2.79. The summed E-state index contributed by atoms with van der Waals surface area (Å²) in [4.78, 5) is 0. The van der Waals surface area contributed by atoms with Crippen molar-refractivity contribution in [1.29, 1.82) is 0 Å². The average Bonchev–Trinajstić information content (AvgIpc) is 2.55. The lowest BCUT2D eigenvalue weighted by Crippen LogP contribution is -2.82. The van der Waals surface area contributed by atoms with Crippen LogP contribution in [0.4, 0.5) is 22.0 Å². The lowest BCUT2D eigenvalue weighted by molar-refractivity contribution is -0.314. The second-order valence-corrected chi connectivity index (χ2v) is 8.09. The van der Waals surface area contributed by atoms with Crippen LogP contribution in [0.15, 0.2) is 61.8 Å². The van der Waals surface area contributed by atoms with Crippen LogP contribution in [0.2, 0.25) is 0 Å². The van der Waals surface area contributed by atoms with Crippen LogP contribution in [0.3, 0.4) is 0 Å². The Hall–Kier alpha value is -1.30. The Morgan fingerprint density at radius 2 is 1.22 bits per heavy atom. The van der Waals surface area contributed by atoms with Crippen molar-refractivity contribution in [3.63, 3.8) is 0 Å². The molecule has 0 aromatic carbocycles. The fourth-order valence-electron chi connectivity index (χ4n) is 5.21. The van der Waals surface area contributed by atoms with Gasteiger partial charge in [-0.15, -0.1) is 6.58 Å². The molecule has 1 saturated carbocycles. The van der Waals surface area contributed by atoms with Crippen molar-refractivity contribution in [1.82, 2.24) is 0 Å². The summed E-state index contributed by atoms with van der Waals surface area (Å²) in [7, 11) is 0. The largest absolute Gasteiger partial charge is 0.309 e. The van der Waals surface area contributed by atoms with E-state index in [1.807, 2.05) is 0 Å². The van der Waals surface area contributed by atoms with Gasteiger partial charge in [0.25, 0.3) is 5.92 Å². The smallest absolute Gasteiger partial charge is 0.231 e. The first kappa shape index (κ1) is 23.7. The first-order valence-electron chi connectivity index (χ1n) is 8.43. The van der Waals surface area contributed by atoms with Crippen molar-refractivity contribution in [3.05, 3.63) is 61.8 Å². The summed E-state index contributed by atoms with van der Waals surface area (Å²) in [6.07, 6.45) is 0.260. The zero-order chi connectivity index (χ0) is 21.9. The van der Waals surface area contributed by atoms with Crippen LogP contribution in [0.1, 0.15) is 34.1 Å². The predicted molar refractivity (Wildman–Crippen MR) is 105 cm³/mol. The molecule has 3 atom stereocenters. The second kappa shape index (κ2) is 6.36. The molecule has 1 aliphatic rings. The van der Waals surface area contributed by atoms with Gasteiger partial charge in [0.15, 0.2) is 4.75 Å². The lowest BCUT2D eigenvalue weighted by Gasteiger charge is -2.69. The first-order chi connectivity index (χ1) is 12.0. The van der Waals surface area contributed by atoms with Gasteiger partial charge in [-0.3, -0.25) is 0 Å². The molecule has 1 aliphatic carbocycles. The molecule has 0 aromatic heterocycles. The molecule has 0 spiro atoms. The van der Waals surface area contributed by atoms with E-state index in [1.165, 1.54) is 27.7 Å². The molecule has 3 unspecified atom stereocenters. The molecule has 0 bridgehead atoms. The van der Waals surface area contributed by atoms with Gasteiger partial charge in [-0.05, 0) is 33.3 Å². The highest BCUT2D eigenvalue weighted by Gasteiger charge is 2.91. The zero-order valence-electron chi connectivity index (χ0n) is 16.2. The Bertz CT molecular complexity index is 708. The Kier molecular flexibility index (Phi) is 5.59. The SMILES string of the molecule is C=CC1(F)C(F)(F)C(S)(C=C)C(F)(F)C(CC)(C(=C)C)C1(C(=C)C)C(=C)C. The molecule has 6 heteroatoms. The van der Waals surface area contributed by atoms with Crippen LogP contribution in [0, 0.1) is 10.8 Å². The third-order valence-corrected chi connectivity index (χ3v) is 7.00. The quantitative estimate of drug-likeness (QED) is 0.271. The van der Waals surface area contributed by atoms with Crippen LogP contribution in [-0.2, 0) is 0 Å². The van der Waals surface area contributed by atoms with E-state index in [-0.39, 0.29) is 16.7 Å². The van der Waals surface area contributed by atoms with Crippen molar-refractivity contribution in [3.8, 4) is 0 Å². The number of halogens is 5. The number of hydrogen-bond acceptors (Lipinski definition) is 1. The van der Waals surface area contributed by atoms with Crippen molar-refractivity contribution in [2.75, 3.05) is 0 Å². The second-order valence-electron chi connectivity index (χ2n) is 7.39. The Labute approximate surface area is 164 Å². The number of thiol groups is 1. The fourth-order valence-corrected chi connectivity index (χ4v) is 5.56. The van der Waals surface area contributed by atoms with E-state index >= 15 is 22.0 Å². The minimum Gasteiger partial charge on any atom is -0.231 e. The number of rotatable bonds is 6. The summed E-state index contributed by atoms with van der Waals surface area (Å²) >= 11 is 3.65. The van der Waals surface area contributed by atoms with Gasteiger partial charge in [0.2, 0.25) is 5.67 Å². The maximum atomic E-state index is 16.5.